The first kappa shape index (κ1) is 14.1. The van der Waals surface area contributed by atoms with Crippen LogP contribution in [0.5, 0.6) is 0 Å². The van der Waals surface area contributed by atoms with Gasteiger partial charge in [0.15, 0.2) is 0 Å². The molecule has 0 amide bonds. The molecule has 19 heavy (non-hydrogen) atoms. The fourth-order valence-electron chi connectivity index (χ4n) is 2.87. The van der Waals surface area contributed by atoms with E-state index in [0.29, 0.717) is 11.5 Å². The maximum Gasteiger partial charge on any atom is 0.134 e. The number of hydrogen-bond donors (Lipinski definition) is 2. The fraction of sp³-hybridized carbons (Fsp3) is 0.733. The molecule has 106 valence electrons. The van der Waals surface area contributed by atoms with E-state index in [-0.39, 0.29) is 0 Å². The van der Waals surface area contributed by atoms with Crippen LogP contribution < -0.4 is 10.6 Å². The van der Waals surface area contributed by atoms with Crippen molar-refractivity contribution >= 4 is 11.6 Å². The summed E-state index contributed by atoms with van der Waals surface area (Å²) in [7, 11) is 0. The van der Waals surface area contributed by atoms with Crippen molar-refractivity contribution in [3.8, 4) is 0 Å². The molecule has 2 rings (SSSR count). The van der Waals surface area contributed by atoms with E-state index in [1.54, 1.807) is 0 Å². The molecule has 1 aromatic rings. The first-order chi connectivity index (χ1) is 8.94. The molecule has 1 aromatic heterocycles. The van der Waals surface area contributed by atoms with Gasteiger partial charge >= 0.3 is 0 Å². The zero-order chi connectivity index (χ0) is 14.0. The molecule has 0 aliphatic heterocycles. The summed E-state index contributed by atoms with van der Waals surface area (Å²) in [6, 6.07) is 0.509. The minimum atomic E-state index is 0.351. The number of anilines is 2. The van der Waals surface area contributed by atoms with Crippen LogP contribution in [0.1, 0.15) is 51.4 Å². The maximum atomic E-state index is 4.58. The lowest BCUT2D eigenvalue weighted by atomic mass is 9.87. The van der Waals surface area contributed by atoms with Gasteiger partial charge in [0, 0.05) is 18.2 Å². The SMILES string of the molecule is CCNc1nc(C)nc(NC2CCCC2(C)C)c1C. The highest BCUT2D eigenvalue weighted by Crippen LogP contribution is 2.39. The standard InChI is InChI=1S/C15H26N4/c1-6-16-13-10(2)14(18-11(3)17-13)19-12-8-7-9-15(12,4)5/h12H,6-9H2,1-5H3,(H2,16,17,18,19). The second-order valence-electron chi connectivity index (χ2n) is 6.20. The number of aromatic nitrogens is 2. The molecule has 2 N–H and O–H groups in total. The van der Waals surface area contributed by atoms with Crippen LogP contribution in [0.4, 0.5) is 11.6 Å². The molecule has 0 saturated heterocycles. The van der Waals surface area contributed by atoms with Gasteiger partial charge in [-0.15, -0.1) is 0 Å². The van der Waals surface area contributed by atoms with Gasteiger partial charge in [-0.1, -0.05) is 20.3 Å². The summed E-state index contributed by atoms with van der Waals surface area (Å²) >= 11 is 0. The number of nitrogens with one attached hydrogen (secondary N) is 2. The van der Waals surface area contributed by atoms with Crippen LogP contribution in [-0.2, 0) is 0 Å². The first-order valence-electron chi connectivity index (χ1n) is 7.29. The third-order valence-corrected chi connectivity index (χ3v) is 4.17. The predicted molar refractivity (Wildman–Crippen MR) is 80.7 cm³/mol. The smallest absolute Gasteiger partial charge is 0.134 e. The van der Waals surface area contributed by atoms with Gasteiger partial charge in [-0.05, 0) is 39.0 Å². The van der Waals surface area contributed by atoms with E-state index >= 15 is 0 Å². The van der Waals surface area contributed by atoms with Gasteiger partial charge in [-0.3, -0.25) is 0 Å². The molecule has 0 radical (unpaired) electrons. The Balaban J connectivity index is 2.25. The van der Waals surface area contributed by atoms with Crippen LogP contribution in [-0.4, -0.2) is 22.6 Å². The molecule has 4 nitrogen and oxygen atoms in total. The Morgan fingerprint density at radius 3 is 2.47 bits per heavy atom. The maximum absolute atomic E-state index is 4.58. The van der Waals surface area contributed by atoms with Gasteiger partial charge in [-0.2, -0.15) is 0 Å². The Morgan fingerprint density at radius 1 is 1.21 bits per heavy atom. The van der Waals surface area contributed by atoms with Crippen molar-refractivity contribution in [2.45, 2.75) is 59.9 Å². The zero-order valence-electron chi connectivity index (χ0n) is 12.8. The first-order valence-corrected chi connectivity index (χ1v) is 7.29. The van der Waals surface area contributed by atoms with Gasteiger partial charge in [0.1, 0.15) is 17.5 Å². The molecule has 1 aliphatic carbocycles. The molecule has 1 atom stereocenters. The van der Waals surface area contributed by atoms with Gasteiger partial charge in [0.25, 0.3) is 0 Å². The van der Waals surface area contributed by atoms with E-state index in [2.05, 4.69) is 48.3 Å². The summed E-state index contributed by atoms with van der Waals surface area (Å²) in [4.78, 5) is 9.05. The molecule has 0 aromatic carbocycles. The van der Waals surface area contributed by atoms with Crippen molar-refractivity contribution in [2.75, 3.05) is 17.2 Å². The van der Waals surface area contributed by atoms with Gasteiger partial charge in [-0.25, -0.2) is 9.97 Å². The molecule has 1 fully saturated rings. The lowest BCUT2D eigenvalue weighted by Crippen LogP contribution is -2.31. The van der Waals surface area contributed by atoms with E-state index in [1.807, 2.05) is 6.92 Å². The molecular formula is C15H26N4. The highest BCUT2D eigenvalue weighted by atomic mass is 15.1. The number of aryl methyl sites for hydroxylation is 1. The lowest BCUT2D eigenvalue weighted by molar-refractivity contribution is 0.349. The number of hydrogen-bond acceptors (Lipinski definition) is 4. The molecule has 1 unspecified atom stereocenters. The Bertz CT molecular complexity index is 454. The molecule has 1 saturated carbocycles. The minimum absolute atomic E-state index is 0.351. The molecule has 4 heteroatoms. The summed E-state index contributed by atoms with van der Waals surface area (Å²) in [6.45, 7) is 11.7. The largest absolute Gasteiger partial charge is 0.370 e. The molecule has 1 aliphatic rings. The van der Waals surface area contributed by atoms with E-state index in [1.165, 1.54) is 19.3 Å². The number of nitrogens with zero attached hydrogens (tertiary/aromatic N) is 2. The summed E-state index contributed by atoms with van der Waals surface area (Å²) in [5.41, 5.74) is 1.47. The highest BCUT2D eigenvalue weighted by molar-refractivity contribution is 5.57. The van der Waals surface area contributed by atoms with Crippen molar-refractivity contribution < 1.29 is 0 Å². The molecule has 1 heterocycles. The van der Waals surface area contributed by atoms with Crippen LogP contribution in [0.25, 0.3) is 0 Å². The third-order valence-electron chi connectivity index (χ3n) is 4.17. The monoisotopic (exact) mass is 262 g/mol. The van der Waals surface area contributed by atoms with Crippen LogP contribution in [0.15, 0.2) is 0 Å². The second kappa shape index (κ2) is 5.35. The third kappa shape index (κ3) is 2.99. The number of rotatable bonds is 4. The molecular weight excluding hydrogens is 236 g/mol. The van der Waals surface area contributed by atoms with Crippen molar-refractivity contribution in [3.05, 3.63) is 11.4 Å². The average molecular weight is 262 g/mol. The molecule has 0 spiro atoms. The van der Waals surface area contributed by atoms with Crippen molar-refractivity contribution in [1.82, 2.24) is 9.97 Å². The van der Waals surface area contributed by atoms with Crippen molar-refractivity contribution in [2.24, 2.45) is 5.41 Å². The van der Waals surface area contributed by atoms with Crippen molar-refractivity contribution in [3.63, 3.8) is 0 Å². The lowest BCUT2D eigenvalue weighted by Gasteiger charge is -2.29. The van der Waals surface area contributed by atoms with E-state index < -0.39 is 0 Å². The van der Waals surface area contributed by atoms with E-state index in [0.717, 1.165) is 29.6 Å². The summed E-state index contributed by atoms with van der Waals surface area (Å²) in [5.74, 6) is 2.76. The van der Waals surface area contributed by atoms with Crippen LogP contribution in [0.3, 0.4) is 0 Å². The normalized spacial score (nSPS) is 21.4. The van der Waals surface area contributed by atoms with Crippen molar-refractivity contribution in [1.29, 1.82) is 0 Å². The van der Waals surface area contributed by atoms with E-state index in [9.17, 15) is 0 Å². The van der Waals surface area contributed by atoms with Gasteiger partial charge in [0.05, 0.1) is 0 Å². The van der Waals surface area contributed by atoms with Crippen LogP contribution in [0.2, 0.25) is 0 Å². The Morgan fingerprint density at radius 2 is 1.89 bits per heavy atom. The topological polar surface area (TPSA) is 49.8 Å². The second-order valence-corrected chi connectivity index (χ2v) is 6.20. The predicted octanol–water partition coefficient (Wildman–Crippen LogP) is 3.52. The Labute approximate surface area is 116 Å². The zero-order valence-corrected chi connectivity index (χ0v) is 12.8. The van der Waals surface area contributed by atoms with Crippen LogP contribution >= 0.6 is 0 Å². The average Bonchev–Trinajstić information content (AvgIpc) is 2.65. The van der Waals surface area contributed by atoms with E-state index in [4.69, 9.17) is 0 Å². The Kier molecular flexibility index (Phi) is 3.97. The highest BCUT2D eigenvalue weighted by Gasteiger charge is 2.34. The quantitative estimate of drug-likeness (QED) is 0.871. The summed E-state index contributed by atoms with van der Waals surface area (Å²) in [5, 5.41) is 6.96. The van der Waals surface area contributed by atoms with Crippen LogP contribution in [0, 0.1) is 19.3 Å². The minimum Gasteiger partial charge on any atom is -0.370 e. The molecule has 0 bridgehead atoms. The van der Waals surface area contributed by atoms with Gasteiger partial charge in [0.2, 0.25) is 0 Å². The Hall–Kier alpha value is -1.32. The summed E-state index contributed by atoms with van der Waals surface area (Å²) < 4.78 is 0. The fourth-order valence-corrected chi connectivity index (χ4v) is 2.87. The summed E-state index contributed by atoms with van der Waals surface area (Å²) in [6.07, 6.45) is 3.81. The van der Waals surface area contributed by atoms with Gasteiger partial charge < -0.3 is 10.6 Å².